The third-order valence-electron chi connectivity index (χ3n) is 3.04. The molecule has 0 bridgehead atoms. The number of carbonyl (C=O) groups is 1. The molecule has 0 heterocycles. The van der Waals surface area contributed by atoms with Crippen LogP contribution in [0.4, 0.5) is 10.5 Å². The van der Waals surface area contributed by atoms with Gasteiger partial charge in [0.1, 0.15) is 5.75 Å². The lowest BCUT2D eigenvalue weighted by Crippen LogP contribution is -2.17. The van der Waals surface area contributed by atoms with Gasteiger partial charge in [-0.3, -0.25) is 5.32 Å². The normalized spacial score (nSPS) is 10.3. The lowest BCUT2D eigenvalue weighted by atomic mass is 10.1. The van der Waals surface area contributed by atoms with Crippen LogP contribution in [0.2, 0.25) is 10.0 Å². The van der Waals surface area contributed by atoms with Crippen LogP contribution in [0.3, 0.4) is 0 Å². The van der Waals surface area contributed by atoms with E-state index in [0.717, 1.165) is 16.7 Å². The smallest absolute Gasteiger partial charge is 0.410 e. The third kappa shape index (κ3) is 3.90. The summed E-state index contributed by atoms with van der Waals surface area (Å²) < 4.78 is 5.35. The summed E-state index contributed by atoms with van der Waals surface area (Å²) in [5.74, 6) is 0.509. The molecule has 0 aliphatic rings. The zero-order valence-corrected chi connectivity index (χ0v) is 13.5. The van der Waals surface area contributed by atoms with Crippen LogP contribution in [0, 0.1) is 20.8 Å². The summed E-state index contributed by atoms with van der Waals surface area (Å²) in [6.07, 6.45) is -0.566. The van der Waals surface area contributed by atoms with Gasteiger partial charge in [0.2, 0.25) is 0 Å². The maximum atomic E-state index is 12.0. The molecule has 0 fully saturated rings. The molecule has 1 amide bonds. The number of halogens is 2. The van der Waals surface area contributed by atoms with Crippen molar-refractivity contribution in [2.75, 3.05) is 5.32 Å². The van der Waals surface area contributed by atoms with E-state index in [0.29, 0.717) is 21.5 Å². The Kier molecular flexibility index (Phi) is 4.76. The van der Waals surface area contributed by atoms with E-state index in [4.69, 9.17) is 27.9 Å². The molecule has 0 spiro atoms. The summed E-state index contributed by atoms with van der Waals surface area (Å²) in [7, 11) is 0. The number of rotatable bonds is 2. The highest BCUT2D eigenvalue weighted by atomic mass is 35.5. The fraction of sp³-hybridized carbons (Fsp3) is 0.188. The zero-order chi connectivity index (χ0) is 15.6. The molecule has 0 unspecified atom stereocenters. The molecule has 2 rings (SSSR count). The van der Waals surface area contributed by atoms with Crippen molar-refractivity contribution in [3.63, 3.8) is 0 Å². The van der Waals surface area contributed by atoms with Crippen molar-refractivity contribution in [2.45, 2.75) is 20.8 Å². The van der Waals surface area contributed by atoms with Crippen LogP contribution in [0.1, 0.15) is 16.7 Å². The molecular formula is C16H15Cl2NO2. The Morgan fingerprint density at radius 1 is 1.00 bits per heavy atom. The second kappa shape index (κ2) is 6.37. The Bertz CT molecular complexity index is 676. The number of aryl methyl sites for hydroxylation is 3. The molecule has 0 saturated heterocycles. The first-order chi connectivity index (χ1) is 9.86. The zero-order valence-electron chi connectivity index (χ0n) is 12.0. The Morgan fingerprint density at radius 2 is 1.62 bits per heavy atom. The number of nitrogens with one attached hydrogen (secondary N) is 1. The molecule has 2 aromatic rings. The van der Waals surface area contributed by atoms with E-state index >= 15 is 0 Å². The van der Waals surface area contributed by atoms with Crippen LogP contribution >= 0.6 is 23.2 Å². The van der Waals surface area contributed by atoms with Crippen molar-refractivity contribution in [1.82, 2.24) is 0 Å². The van der Waals surface area contributed by atoms with Crippen LogP contribution in [0.25, 0.3) is 0 Å². The van der Waals surface area contributed by atoms with Crippen LogP contribution in [-0.2, 0) is 0 Å². The lowest BCUT2D eigenvalue weighted by Gasteiger charge is -2.12. The third-order valence-corrected chi connectivity index (χ3v) is 3.66. The summed E-state index contributed by atoms with van der Waals surface area (Å²) >= 11 is 12.0. The molecule has 0 radical (unpaired) electrons. The number of anilines is 1. The molecule has 3 nitrogen and oxygen atoms in total. The standard InChI is InChI=1S/C16H15Cl2NO2/c1-9-4-5-13(8-14(9)18)19-16(20)21-15-10(2)6-12(17)7-11(15)3/h4-8H,1-3H3,(H,19,20). The quantitative estimate of drug-likeness (QED) is 0.789. The van der Waals surface area contributed by atoms with Gasteiger partial charge in [-0.2, -0.15) is 0 Å². The number of benzene rings is 2. The fourth-order valence-electron chi connectivity index (χ4n) is 1.97. The monoisotopic (exact) mass is 323 g/mol. The molecule has 0 aliphatic carbocycles. The van der Waals surface area contributed by atoms with Crippen molar-refractivity contribution in [3.05, 3.63) is 57.1 Å². The first-order valence-corrected chi connectivity index (χ1v) is 7.14. The Labute approximate surface area is 133 Å². The summed E-state index contributed by atoms with van der Waals surface area (Å²) in [6, 6.07) is 8.78. The molecule has 0 aliphatic heterocycles. The van der Waals surface area contributed by atoms with Gasteiger partial charge in [0.25, 0.3) is 0 Å². The first-order valence-electron chi connectivity index (χ1n) is 6.38. The van der Waals surface area contributed by atoms with Gasteiger partial charge in [-0.05, 0) is 61.7 Å². The molecule has 0 atom stereocenters. The van der Waals surface area contributed by atoms with E-state index in [-0.39, 0.29) is 0 Å². The van der Waals surface area contributed by atoms with Gasteiger partial charge in [0.15, 0.2) is 0 Å². The summed E-state index contributed by atoms with van der Waals surface area (Å²) in [5, 5.41) is 3.85. The predicted molar refractivity (Wildman–Crippen MR) is 86.8 cm³/mol. The minimum Gasteiger partial charge on any atom is -0.410 e. The lowest BCUT2D eigenvalue weighted by molar-refractivity contribution is 0.214. The van der Waals surface area contributed by atoms with E-state index in [1.54, 1.807) is 24.3 Å². The Hall–Kier alpha value is -1.71. The van der Waals surface area contributed by atoms with E-state index < -0.39 is 6.09 Å². The molecule has 2 aromatic carbocycles. The number of carbonyl (C=O) groups excluding carboxylic acids is 1. The van der Waals surface area contributed by atoms with Crippen LogP contribution in [0.15, 0.2) is 30.3 Å². The van der Waals surface area contributed by atoms with Gasteiger partial charge < -0.3 is 4.74 Å². The van der Waals surface area contributed by atoms with Crippen LogP contribution in [0.5, 0.6) is 5.75 Å². The highest BCUT2D eigenvalue weighted by Crippen LogP contribution is 2.27. The van der Waals surface area contributed by atoms with E-state index in [2.05, 4.69) is 5.32 Å². The molecule has 21 heavy (non-hydrogen) atoms. The van der Waals surface area contributed by atoms with E-state index in [9.17, 15) is 4.79 Å². The number of amides is 1. The molecule has 0 saturated carbocycles. The maximum absolute atomic E-state index is 12.0. The summed E-state index contributed by atoms with van der Waals surface area (Å²) in [6.45, 7) is 5.57. The van der Waals surface area contributed by atoms with Gasteiger partial charge >= 0.3 is 6.09 Å². The molecule has 110 valence electrons. The molecule has 0 aromatic heterocycles. The molecular weight excluding hydrogens is 309 g/mol. The highest BCUT2D eigenvalue weighted by molar-refractivity contribution is 6.31. The van der Waals surface area contributed by atoms with E-state index in [1.165, 1.54) is 0 Å². The largest absolute Gasteiger partial charge is 0.417 e. The topological polar surface area (TPSA) is 38.3 Å². The average Bonchev–Trinajstić information content (AvgIpc) is 2.38. The van der Waals surface area contributed by atoms with Crippen molar-refractivity contribution in [1.29, 1.82) is 0 Å². The van der Waals surface area contributed by atoms with Gasteiger partial charge in [0, 0.05) is 15.7 Å². The van der Waals surface area contributed by atoms with Crippen molar-refractivity contribution in [3.8, 4) is 5.75 Å². The predicted octanol–water partition coefficient (Wildman–Crippen LogP) is 5.53. The van der Waals surface area contributed by atoms with Gasteiger partial charge in [-0.1, -0.05) is 29.3 Å². The molecule has 1 N–H and O–H groups in total. The fourth-order valence-corrected chi connectivity index (χ4v) is 2.47. The summed E-state index contributed by atoms with van der Waals surface area (Å²) in [4.78, 5) is 12.0. The van der Waals surface area contributed by atoms with Gasteiger partial charge in [-0.25, -0.2) is 4.79 Å². The second-order valence-electron chi connectivity index (χ2n) is 4.85. The minimum absolute atomic E-state index is 0.509. The highest BCUT2D eigenvalue weighted by Gasteiger charge is 2.11. The van der Waals surface area contributed by atoms with Crippen molar-refractivity contribution in [2.24, 2.45) is 0 Å². The minimum atomic E-state index is -0.566. The Morgan fingerprint density at radius 3 is 2.19 bits per heavy atom. The van der Waals surface area contributed by atoms with Crippen molar-refractivity contribution < 1.29 is 9.53 Å². The van der Waals surface area contributed by atoms with Gasteiger partial charge in [0.05, 0.1) is 0 Å². The van der Waals surface area contributed by atoms with Crippen molar-refractivity contribution >= 4 is 35.0 Å². The van der Waals surface area contributed by atoms with Gasteiger partial charge in [-0.15, -0.1) is 0 Å². The second-order valence-corrected chi connectivity index (χ2v) is 5.69. The van der Waals surface area contributed by atoms with E-state index in [1.807, 2.05) is 26.8 Å². The SMILES string of the molecule is Cc1ccc(NC(=O)Oc2c(C)cc(Cl)cc2C)cc1Cl. The van der Waals surface area contributed by atoms with Crippen LogP contribution in [-0.4, -0.2) is 6.09 Å². The molecule has 5 heteroatoms. The average molecular weight is 324 g/mol. The summed E-state index contributed by atoms with van der Waals surface area (Å²) in [5.41, 5.74) is 3.13. The first kappa shape index (κ1) is 15.7. The number of hydrogen-bond acceptors (Lipinski definition) is 2. The Balaban J connectivity index is 2.13. The number of hydrogen-bond donors (Lipinski definition) is 1. The van der Waals surface area contributed by atoms with Crippen LogP contribution < -0.4 is 10.1 Å². The maximum Gasteiger partial charge on any atom is 0.417 e. The number of ether oxygens (including phenoxy) is 1.